The molecule has 1 aliphatic rings. The number of carbonyl (C=O) groups is 2. The van der Waals surface area contributed by atoms with Crippen LogP contribution in [0.5, 0.6) is 0 Å². The second-order valence-corrected chi connectivity index (χ2v) is 5.16. The molecule has 1 fully saturated rings. The number of aliphatic carboxylic acids is 1. The molecule has 0 spiro atoms. The molecule has 1 amide bonds. The molecule has 4 unspecified atom stereocenters. The van der Waals surface area contributed by atoms with Gasteiger partial charge in [-0.1, -0.05) is 13.8 Å². The van der Waals surface area contributed by atoms with Crippen LogP contribution in [-0.4, -0.2) is 40.5 Å². The zero-order valence-electron chi connectivity index (χ0n) is 10.7. The van der Waals surface area contributed by atoms with E-state index in [-0.39, 0.29) is 17.9 Å². The number of carboxylic acid groups (broad SMARTS) is 1. The van der Waals surface area contributed by atoms with Crippen molar-refractivity contribution in [3.05, 3.63) is 0 Å². The van der Waals surface area contributed by atoms with Crippen molar-refractivity contribution in [1.82, 2.24) is 4.90 Å². The zero-order valence-corrected chi connectivity index (χ0v) is 10.7. The quantitative estimate of drug-likeness (QED) is 0.762. The molecular weight excluding hydrogens is 220 g/mol. The number of hydrogen-bond donors (Lipinski definition) is 2. The van der Waals surface area contributed by atoms with Gasteiger partial charge >= 0.3 is 5.97 Å². The second kappa shape index (κ2) is 5.49. The van der Waals surface area contributed by atoms with E-state index in [0.29, 0.717) is 18.9 Å². The highest BCUT2D eigenvalue weighted by Gasteiger charge is 2.36. The number of carbonyl (C=O) groups excluding carboxylic acids is 1. The Morgan fingerprint density at radius 1 is 1.41 bits per heavy atom. The van der Waals surface area contributed by atoms with Gasteiger partial charge in [-0.2, -0.15) is 0 Å². The average molecular weight is 242 g/mol. The molecule has 17 heavy (non-hydrogen) atoms. The molecule has 0 bridgehead atoms. The van der Waals surface area contributed by atoms with Crippen LogP contribution in [0.1, 0.15) is 33.6 Å². The molecule has 1 saturated heterocycles. The van der Waals surface area contributed by atoms with E-state index in [1.54, 1.807) is 13.8 Å². The molecule has 1 aliphatic heterocycles. The van der Waals surface area contributed by atoms with Crippen LogP contribution in [0.25, 0.3) is 0 Å². The predicted octanol–water partition coefficient (Wildman–Crippen LogP) is 0.681. The van der Waals surface area contributed by atoms with Crippen LogP contribution in [0, 0.1) is 11.8 Å². The smallest absolute Gasteiger partial charge is 0.326 e. The number of amides is 1. The van der Waals surface area contributed by atoms with Crippen LogP contribution in [0.3, 0.4) is 0 Å². The first-order chi connectivity index (χ1) is 7.84. The van der Waals surface area contributed by atoms with Crippen molar-refractivity contribution in [1.29, 1.82) is 0 Å². The summed E-state index contributed by atoms with van der Waals surface area (Å²) < 4.78 is 0. The summed E-state index contributed by atoms with van der Waals surface area (Å²) in [5.41, 5.74) is 5.70. The Labute approximate surface area is 102 Å². The molecular formula is C12H22N2O3. The number of hydrogen-bond acceptors (Lipinski definition) is 3. The number of likely N-dealkylation sites (tertiary alicyclic amines) is 1. The average Bonchev–Trinajstić information content (AvgIpc) is 2.26. The normalized spacial score (nSPS) is 28.6. The van der Waals surface area contributed by atoms with Gasteiger partial charge in [-0.25, -0.2) is 4.79 Å². The molecule has 98 valence electrons. The van der Waals surface area contributed by atoms with Gasteiger partial charge in [-0.05, 0) is 25.7 Å². The van der Waals surface area contributed by atoms with E-state index in [1.165, 1.54) is 4.90 Å². The molecule has 0 aromatic carbocycles. The maximum Gasteiger partial charge on any atom is 0.326 e. The van der Waals surface area contributed by atoms with Gasteiger partial charge in [-0.3, -0.25) is 4.79 Å². The van der Waals surface area contributed by atoms with Gasteiger partial charge in [0.2, 0.25) is 5.91 Å². The lowest BCUT2D eigenvalue weighted by Crippen LogP contribution is -2.53. The van der Waals surface area contributed by atoms with Crippen molar-refractivity contribution in [2.24, 2.45) is 17.6 Å². The predicted molar refractivity (Wildman–Crippen MR) is 64.3 cm³/mol. The summed E-state index contributed by atoms with van der Waals surface area (Å²) in [5.74, 6) is -1.03. The third-order valence-corrected chi connectivity index (χ3v) is 3.61. The van der Waals surface area contributed by atoms with E-state index in [4.69, 9.17) is 5.73 Å². The molecule has 4 atom stereocenters. The fourth-order valence-electron chi connectivity index (χ4n) is 2.13. The maximum atomic E-state index is 12.1. The molecule has 3 N–H and O–H groups in total. The summed E-state index contributed by atoms with van der Waals surface area (Å²) in [6.45, 7) is 6.07. The Morgan fingerprint density at radius 2 is 2.00 bits per heavy atom. The largest absolute Gasteiger partial charge is 0.480 e. The van der Waals surface area contributed by atoms with Crippen LogP contribution in [0.15, 0.2) is 0 Å². The SMILES string of the molecule is CC1CCN(C(=O)C(C)C(C)N)C(C(=O)O)C1. The van der Waals surface area contributed by atoms with Crippen molar-refractivity contribution < 1.29 is 14.7 Å². The summed E-state index contributed by atoms with van der Waals surface area (Å²) in [6.07, 6.45) is 1.40. The van der Waals surface area contributed by atoms with E-state index >= 15 is 0 Å². The van der Waals surface area contributed by atoms with Crippen molar-refractivity contribution >= 4 is 11.9 Å². The Balaban J connectivity index is 2.80. The minimum Gasteiger partial charge on any atom is -0.480 e. The van der Waals surface area contributed by atoms with Crippen LogP contribution >= 0.6 is 0 Å². The summed E-state index contributed by atoms with van der Waals surface area (Å²) in [6, 6.07) is -0.941. The van der Waals surface area contributed by atoms with Crippen molar-refractivity contribution in [2.75, 3.05) is 6.54 Å². The summed E-state index contributed by atoms with van der Waals surface area (Å²) in [4.78, 5) is 24.8. The molecule has 1 heterocycles. The van der Waals surface area contributed by atoms with Crippen LogP contribution in [0.4, 0.5) is 0 Å². The van der Waals surface area contributed by atoms with Crippen LogP contribution < -0.4 is 5.73 Å². The number of nitrogens with two attached hydrogens (primary N) is 1. The number of carboxylic acids is 1. The minimum absolute atomic E-state index is 0.140. The van der Waals surface area contributed by atoms with E-state index in [2.05, 4.69) is 0 Å². The third kappa shape index (κ3) is 3.19. The second-order valence-electron chi connectivity index (χ2n) is 5.16. The molecule has 5 heteroatoms. The molecule has 0 aliphatic carbocycles. The van der Waals surface area contributed by atoms with Crippen LogP contribution in [-0.2, 0) is 9.59 Å². The highest BCUT2D eigenvalue weighted by molar-refractivity contribution is 5.85. The lowest BCUT2D eigenvalue weighted by atomic mass is 9.90. The molecule has 0 saturated carbocycles. The Kier molecular flexibility index (Phi) is 4.51. The zero-order chi connectivity index (χ0) is 13.2. The lowest BCUT2D eigenvalue weighted by molar-refractivity contribution is -0.155. The number of piperidine rings is 1. The highest BCUT2D eigenvalue weighted by atomic mass is 16.4. The van der Waals surface area contributed by atoms with Crippen molar-refractivity contribution in [3.8, 4) is 0 Å². The number of nitrogens with zero attached hydrogens (tertiary/aromatic N) is 1. The third-order valence-electron chi connectivity index (χ3n) is 3.61. The van der Waals surface area contributed by atoms with E-state index in [9.17, 15) is 14.7 Å². The van der Waals surface area contributed by atoms with Gasteiger partial charge in [0.05, 0.1) is 5.92 Å². The Morgan fingerprint density at radius 3 is 2.47 bits per heavy atom. The first kappa shape index (κ1) is 14.0. The standard InChI is InChI=1S/C12H22N2O3/c1-7-4-5-14(10(6-7)12(16)17)11(15)8(2)9(3)13/h7-10H,4-6,13H2,1-3H3,(H,16,17). The van der Waals surface area contributed by atoms with Crippen LogP contribution in [0.2, 0.25) is 0 Å². The molecule has 0 aromatic heterocycles. The fourth-order valence-corrected chi connectivity index (χ4v) is 2.13. The summed E-state index contributed by atoms with van der Waals surface area (Å²) in [7, 11) is 0. The monoisotopic (exact) mass is 242 g/mol. The summed E-state index contributed by atoms with van der Waals surface area (Å²) in [5, 5.41) is 9.17. The molecule has 1 rings (SSSR count). The fraction of sp³-hybridized carbons (Fsp3) is 0.833. The molecule has 0 radical (unpaired) electrons. The first-order valence-corrected chi connectivity index (χ1v) is 6.13. The van der Waals surface area contributed by atoms with Crippen molar-refractivity contribution in [2.45, 2.75) is 45.7 Å². The van der Waals surface area contributed by atoms with Gasteiger partial charge in [0.25, 0.3) is 0 Å². The molecule has 0 aromatic rings. The Hall–Kier alpha value is -1.10. The van der Waals surface area contributed by atoms with E-state index < -0.39 is 12.0 Å². The maximum absolute atomic E-state index is 12.1. The lowest BCUT2D eigenvalue weighted by Gasteiger charge is -2.38. The van der Waals surface area contributed by atoms with Gasteiger partial charge in [-0.15, -0.1) is 0 Å². The van der Waals surface area contributed by atoms with Gasteiger partial charge in [0, 0.05) is 12.6 Å². The first-order valence-electron chi connectivity index (χ1n) is 6.13. The summed E-state index contributed by atoms with van der Waals surface area (Å²) >= 11 is 0. The Bertz CT molecular complexity index is 304. The molecule has 5 nitrogen and oxygen atoms in total. The topological polar surface area (TPSA) is 83.6 Å². The minimum atomic E-state index is -0.915. The van der Waals surface area contributed by atoms with Gasteiger partial charge in [0.1, 0.15) is 6.04 Å². The van der Waals surface area contributed by atoms with E-state index in [1.807, 2.05) is 6.92 Å². The van der Waals surface area contributed by atoms with Crippen molar-refractivity contribution in [3.63, 3.8) is 0 Å². The highest BCUT2D eigenvalue weighted by Crippen LogP contribution is 2.24. The van der Waals surface area contributed by atoms with Gasteiger partial charge in [0.15, 0.2) is 0 Å². The van der Waals surface area contributed by atoms with E-state index in [0.717, 1.165) is 6.42 Å². The number of rotatable bonds is 3. The van der Waals surface area contributed by atoms with Gasteiger partial charge < -0.3 is 15.7 Å².